The molecule has 0 bridgehead atoms. The SMILES string of the molecule is CC.CC.CC.CC.CC.CC.CC.Cc1ccccn1.Cc1cccnc1.Cc1cn[nH]n1.Cc1cn[nH]n1.Cc1cn[nH]n1.Cc1ncoc1C.Cc1ncsc1C.Cc1ncsc1C.Cn1ccnn1.Cn1nccn1. The number of aromatic nitrogens is 20. The number of aromatic amines is 3. The first-order chi connectivity index (χ1) is 38.2. The Bertz CT molecular complexity index is 2110. The lowest BCUT2D eigenvalue weighted by Crippen LogP contribution is -1.89. The second kappa shape index (κ2) is 68.5. The van der Waals surface area contributed by atoms with E-state index in [1.54, 1.807) is 90.2 Å². The summed E-state index contributed by atoms with van der Waals surface area (Å²) in [5, 5.41) is 43.6. The molecule has 0 spiro atoms. The molecule has 10 heterocycles. The van der Waals surface area contributed by atoms with E-state index in [9.17, 15) is 0 Å². The molecule has 0 aliphatic carbocycles. The van der Waals surface area contributed by atoms with E-state index >= 15 is 0 Å². The Labute approximate surface area is 483 Å². The molecule has 10 aromatic heterocycles. The maximum absolute atomic E-state index is 4.85. The molecular formula is C56H102N20OS2. The van der Waals surface area contributed by atoms with Crippen LogP contribution < -0.4 is 0 Å². The lowest BCUT2D eigenvalue weighted by atomic mass is 10.3. The quantitative estimate of drug-likeness (QED) is 0.127. The normalized spacial score (nSPS) is 7.94. The fourth-order valence-corrected chi connectivity index (χ4v) is 4.49. The van der Waals surface area contributed by atoms with Crippen molar-refractivity contribution in [3.8, 4) is 0 Å². The van der Waals surface area contributed by atoms with Gasteiger partial charge in [-0.2, -0.15) is 61.2 Å². The first-order valence-corrected chi connectivity index (χ1v) is 28.4. The fourth-order valence-electron chi connectivity index (χ4n) is 3.30. The minimum absolute atomic E-state index is 0.903. The van der Waals surface area contributed by atoms with Crippen molar-refractivity contribution in [3.63, 3.8) is 0 Å². The smallest absolute Gasteiger partial charge is 0.181 e. The van der Waals surface area contributed by atoms with E-state index in [1.807, 2.05) is 214 Å². The molecule has 0 aliphatic heterocycles. The van der Waals surface area contributed by atoms with E-state index in [0.29, 0.717) is 0 Å². The number of pyridine rings is 2. The number of nitrogens with zero attached hydrogens (tertiary/aromatic N) is 17. The minimum Gasteiger partial charge on any atom is -0.449 e. The minimum atomic E-state index is 0.903. The van der Waals surface area contributed by atoms with Crippen molar-refractivity contribution in [3.05, 3.63) is 171 Å². The van der Waals surface area contributed by atoms with Gasteiger partial charge in [0, 0.05) is 54.3 Å². The van der Waals surface area contributed by atoms with Crippen molar-refractivity contribution >= 4 is 22.7 Å². The second-order valence-electron chi connectivity index (χ2n) is 12.9. The van der Waals surface area contributed by atoms with Crippen LogP contribution in [0.4, 0.5) is 0 Å². The van der Waals surface area contributed by atoms with Gasteiger partial charge in [0.15, 0.2) is 6.39 Å². The topological polar surface area (TPSA) is 264 Å². The van der Waals surface area contributed by atoms with Crippen LogP contribution in [-0.2, 0) is 14.1 Å². The zero-order valence-corrected chi connectivity index (χ0v) is 54.9. The van der Waals surface area contributed by atoms with Crippen molar-refractivity contribution < 1.29 is 4.42 Å². The predicted molar refractivity (Wildman–Crippen MR) is 332 cm³/mol. The van der Waals surface area contributed by atoms with Crippen LogP contribution in [0.25, 0.3) is 0 Å². The summed E-state index contributed by atoms with van der Waals surface area (Å²) < 4.78 is 6.49. The number of hydrogen-bond acceptors (Lipinski definition) is 18. The molecule has 0 saturated carbocycles. The largest absolute Gasteiger partial charge is 0.449 e. The second-order valence-corrected chi connectivity index (χ2v) is 15.0. The molecule has 3 N–H and O–H groups in total. The molecule has 79 heavy (non-hydrogen) atoms. The van der Waals surface area contributed by atoms with E-state index in [4.69, 9.17) is 4.42 Å². The Morgan fingerprint density at radius 1 is 0.443 bits per heavy atom. The monoisotopic (exact) mass is 1130 g/mol. The van der Waals surface area contributed by atoms with Crippen LogP contribution >= 0.6 is 22.7 Å². The highest BCUT2D eigenvalue weighted by Crippen LogP contribution is 2.08. The van der Waals surface area contributed by atoms with Crippen LogP contribution in [0, 0.1) is 76.2 Å². The highest BCUT2D eigenvalue weighted by molar-refractivity contribution is 7.09. The van der Waals surface area contributed by atoms with Gasteiger partial charge in [-0.25, -0.2) is 15.0 Å². The van der Waals surface area contributed by atoms with Crippen molar-refractivity contribution in [2.75, 3.05) is 0 Å². The number of oxazole rings is 1. The molecule has 10 rings (SSSR count). The summed E-state index contributed by atoms with van der Waals surface area (Å²) in [6.45, 7) is 49.6. The molecule has 23 heteroatoms. The average Bonchev–Trinajstić information content (AvgIpc) is 4.37. The van der Waals surface area contributed by atoms with Crippen LogP contribution in [0.3, 0.4) is 0 Å². The van der Waals surface area contributed by atoms with Gasteiger partial charge in [0.25, 0.3) is 0 Å². The maximum atomic E-state index is 4.85. The summed E-state index contributed by atoms with van der Waals surface area (Å²) in [4.78, 5) is 23.9. The standard InChI is InChI=1S/2C6H7N.C5H7NO.2C5H7NS.5C3H5N3.7C2H6/c1-6-3-2-4-7-5-6;1-6-4-2-3-5-7-6;3*1-4-5(2)7-3-6-4;1-6-3-2-4-5-6;1-6-4-2-3-5-6;3*1-3-2-4-6-5-3;7*1-2/h2*2-5H,1H3;3*3H,1-2H3;2*2-3H,1H3;3*2H,1H3,(H,4,5,6);7*1-2H3. The van der Waals surface area contributed by atoms with Gasteiger partial charge in [0.05, 0.1) is 82.4 Å². The van der Waals surface area contributed by atoms with E-state index in [-0.39, 0.29) is 0 Å². The Kier molecular flexibility index (Phi) is 74.0. The lowest BCUT2D eigenvalue weighted by molar-refractivity contribution is 0.525. The summed E-state index contributed by atoms with van der Waals surface area (Å²) in [5.41, 5.74) is 12.1. The third-order valence-electron chi connectivity index (χ3n) is 7.26. The first-order valence-electron chi connectivity index (χ1n) is 26.6. The Morgan fingerprint density at radius 2 is 0.886 bits per heavy atom. The van der Waals surface area contributed by atoms with Gasteiger partial charge in [-0.1, -0.05) is 114 Å². The number of thiazole rings is 2. The molecule has 0 amide bonds. The number of H-pyrrole nitrogens is 3. The van der Waals surface area contributed by atoms with Crippen LogP contribution in [0.5, 0.6) is 0 Å². The van der Waals surface area contributed by atoms with Gasteiger partial charge in [-0.05, 0) is 99.9 Å². The maximum Gasteiger partial charge on any atom is 0.181 e. The molecule has 0 unspecified atom stereocenters. The van der Waals surface area contributed by atoms with Gasteiger partial charge in [0.2, 0.25) is 0 Å². The Balaban J connectivity index is -0.000000142. The fraction of sp³-hybridized carbons (Fsp3) is 0.482. The zero-order chi connectivity index (χ0) is 62.1. The first kappa shape index (κ1) is 85.4. The van der Waals surface area contributed by atoms with Gasteiger partial charge < -0.3 is 4.42 Å². The summed E-state index contributed by atoms with van der Waals surface area (Å²) >= 11 is 3.39. The molecule has 0 aliphatic rings. The summed E-state index contributed by atoms with van der Waals surface area (Å²) in [5.74, 6) is 0.903. The number of rotatable bonds is 0. The molecule has 21 nitrogen and oxygen atoms in total. The van der Waals surface area contributed by atoms with E-state index < -0.39 is 0 Å². The van der Waals surface area contributed by atoms with Crippen LogP contribution in [-0.4, -0.2) is 101 Å². The van der Waals surface area contributed by atoms with Crippen molar-refractivity contribution in [2.24, 2.45) is 14.1 Å². The van der Waals surface area contributed by atoms with E-state index in [0.717, 1.165) is 45.6 Å². The van der Waals surface area contributed by atoms with Crippen molar-refractivity contribution in [2.45, 2.75) is 173 Å². The van der Waals surface area contributed by atoms with Crippen molar-refractivity contribution in [1.82, 2.24) is 101 Å². The highest BCUT2D eigenvalue weighted by Gasteiger charge is 1.91. The number of aryl methyl sites for hydroxylation is 13. The predicted octanol–water partition coefficient (Wildman–Crippen LogP) is 14.7. The summed E-state index contributed by atoms with van der Waals surface area (Å²) in [6, 6.07) is 9.80. The molecule has 444 valence electrons. The molecule has 10 aromatic rings. The third kappa shape index (κ3) is 61.2. The van der Waals surface area contributed by atoms with Crippen LogP contribution in [0.2, 0.25) is 0 Å². The van der Waals surface area contributed by atoms with E-state index in [1.165, 1.54) is 26.5 Å². The molecular weight excluding hydrogens is 1030 g/mol. The summed E-state index contributed by atoms with van der Waals surface area (Å²) in [6.07, 6.45) is 18.5. The molecule has 0 radical (unpaired) electrons. The zero-order valence-electron chi connectivity index (χ0n) is 53.2. The van der Waals surface area contributed by atoms with Gasteiger partial charge in [-0.15, -0.1) is 27.8 Å². The molecule has 0 fully saturated rings. The van der Waals surface area contributed by atoms with Gasteiger partial charge in [-0.3, -0.25) is 14.6 Å². The highest BCUT2D eigenvalue weighted by atomic mass is 32.1. The number of nitrogens with one attached hydrogen (secondary N) is 3. The van der Waals surface area contributed by atoms with Gasteiger partial charge in [0.1, 0.15) is 5.76 Å². The lowest BCUT2D eigenvalue weighted by Gasteiger charge is -1.82. The Morgan fingerprint density at radius 3 is 1.00 bits per heavy atom. The Hall–Kier alpha value is -7.53. The van der Waals surface area contributed by atoms with Crippen LogP contribution in [0.1, 0.15) is 158 Å². The molecule has 0 aromatic carbocycles. The third-order valence-corrected chi connectivity index (χ3v) is 8.98. The van der Waals surface area contributed by atoms with Crippen molar-refractivity contribution in [1.29, 1.82) is 0 Å². The molecule has 0 atom stereocenters. The summed E-state index contributed by atoms with van der Waals surface area (Å²) in [7, 11) is 3.60. The van der Waals surface area contributed by atoms with Crippen LogP contribution in [0.15, 0.2) is 114 Å². The van der Waals surface area contributed by atoms with Gasteiger partial charge >= 0.3 is 0 Å². The molecule has 0 saturated heterocycles. The average molecular weight is 1140 g/mol. The number of hydrogen-bond donors (Lipinski definition) is 3. The van der Waals surface area contributed by atoms with E-state index in [2.05, 4.69) is 106 Å².